The molecule has 0 radical (unpaired) electrons. The van der Waals surface area contributed by atoms with Crippen LogP contribution in [0, 0.1) is 0 Å². The van der Waals surface area contributed by atoms with Crippen LogP contribution in [0.2, 0.25) is 0 Å². The number of nitrogens with zero attached hydrogens (tertiary/aromatic N) is 5. The highest BCUT2D eigenvalue weighted by Crippen LogP contribution is 2.36. The average molecular weight is 599 g/mol. The van der Waals surface area contributed by atoms with E-state index in [4.69, 9.17) is 40.7 Å². The first-order valence-corrected chi connectivity index (χ1v) is 13.1. The van der Waals surface area contributed by atoms with Crippen molar-refractivity contribution in [1.29, 1.82) is 0 Å². The van der Waals surface area contributed by atoms with Crippen molar-refractivity contribution >= 4 is 28.5 Å². The van der Waals surface area contributed by atoms with Gasteiger partial charge in [-0.15, -0.1) is 0 Å². The molecular weight excluding hydrogens is 569 g/mol. The van der Waals surface area contributed by atoms with Crippen LogP contribution in [0.4, 0.5) is 24.7 Å². The Kier molecular flexibility index (Phi) is 9.77. The summed E-state index contributed by atoms with van der Waals surface area (Å²) in [6.07, 6.45) is -2.51. The quantitative estimate of drug-likeness (QED) is 0.131. The maximum absolute atomic E-state index is 10.6. The van der Waals surface area contributed by atoms with E-state index in [1.807, 2.05) is 60.0 Å². The molecule has 0 aliphatic carbocycles. The molecule has 0 saturated carbocycles. The van der Waals surface area contributed by atoms with E-state index in [1.165, 1.54) is 0 Å². The van der Waals surface area contributed by atoms with E-state index in [-0.39, 0.29) is 5.82 Å². The lowest BCUT2D eigenvalue weighted by Gasteiger charge is -2.12. The van der Waals surface area contributed by atoms with Crippen LogP contribution in [0.15, 0.2) is 65.4 Å². The van der Waals surface area contributed by atoms with Gasteiger partial charge in [-0.25, -0.2) is 19.4 Å². The summed E-state index contributed by atoms with van der Waals surface area (Å²) >= 11 is 0. The highest BCUT2D eigenvalue weighted by Gasteiger charge is 2.38. The molecule has 6 N–H and O–H groups in total. The number of halogens is 3. The maximum Gasteiger partial charge on any atom is 0.490 e. The van der Waals surface area contributed by atoms with Crippen LogP contribution < -0.4 is 21.5 Å². The summed E-state index contributed by atoms with van der Waals surface area (Å²) in [7, 11) is 0. The van der Waals surface area contributed by atoms with Crippen LogP contribution in [-0.4, -0.2) is 55.3 Å². The molecule has 2 aromatic carbocycles. The Bertz CT molecular complexity index is 1670. The van der Waals surface area contributed by atoms with Crippen LogP contribution in [0.5, 0.6) is 5.75 Å². The van der Waals surface area contributed by atoms with Crippen LogP contribution in [-0.2, 0) is 17.9 Å². The summed E-state index contributed by atoms with van der Waals surface area (Å²) in [5.74, 6) is -1.36. The number of imidazole rings is 1. The number of nitrogens with one attached hydrogen (secondary N) is 1. The topological polar surface area (TPSA) is 180 Å². The van der Waals surface area contributed by atoms with Crippen molar-refractivity contribution in [3.63, 3.8) is 0 Å². The van der Waals surface area contributed by atoms with Gasteiger partial charge >= 0.3 is 12.1 Å². The number of hydrogen-bond donors (Lipinski definition) is 4. The third kappa shape index (κ3) is 7.56. The highest BCUT2D eigenvalue weighted by atomic mass is 19.4. The van der Waals surface area contributed by atoms with Gasteiger partial charge in [-0.3, -0.25) is 0 Å². The first-order chi connectivity index (χ1) is 20.6. The normalized spacial score (nSPS) is 11.3. The number of hydrogen-bond acceptors (Lipinski definition) is 10. The molecule has 15 heteroatoms. The lowest BCUT2D eigenvalue weighted by atomic mass is 10.1. The van der Waals surface area contributed by atoms with E-state index in [2.05, 4.69) is 21.7 Å². The number of nitrogen functional groups attached to an aromatic ring is 2. The molecule has 0 amide bonds. The van der Waals surface area contributed by atoms with E-state index in [1.54, 1.807) is 6.20 Å². The minimum absolute atomic E-state index is 0.183. The van der Waals surface area contributed by atoms with Gasteiger partial charge in [0.15, 0.2) is 23.1 Å². The Morgan fingerprint density at radius 2 is 1.84 bits per heavy atom. The van der Waals surface area contributed by atoms with E-state index < -0.39 is 12.1 Å². The number of rotatable bonds is 10. The fourth-order valence-corrected chi connectivity index (χ4v) is 4.18. The summed E-state index contributed by atoms with van der Waals surface area (Å²) in [6.45, 7) is 4.72. The van der Waals surface area contributed by atoms with E-state index in [0.29, 0.717) is 35.9 Å². The van der Waals surface area contributed by atoms with Gasteiger partial charge in [0, 0.05) is 24.3 Å². The largest absolute Gasteiger partial charge is 0.490 e. The number of anilines is 2. The summed E-state index contributed by atoms with van der Waals surface area (Å²) in [5, 5.41) is 18.3. The second-order valence-corrected chi connectivity index (χ2v) is 9.14. The zero-order valence-corrected chi connectivity index (χ0v) is 23.0. The minimum atomic E-state index is -5.08. The number of pyridine rings is 1. The molecule has 5 rings (SSSR count). The third-order valence-electron chi connectivity index (χ3n) is 6.10. The third-order valence-corrected chi connectivity index (χ3v) is 6.10. The summed E-state index contributed by atoms with van der Waals surface area (Å²) < 4.78 is 44.8. The number of alkyl halides is 3. The van der Waals surface area contributed by atoms with Crippen molar-refractivity contribution in [3.8, 4) is 28.5 Å². The van der Waals surface area contributed by atoms with Gasteiger partial charge in [0.05, 0.1) is 18.5 Å². The Morgan fingerprint density at radius 1 is 1.09 bits per heavy atom. The van der Waals surface area contributed by atoms with Gasteiger partial charge in [0.1, 0.15) is 11.0 Å². The van der Waals surface area contributed by atoms with Crippen molar-refractivity contribution < 1.29 is 32.4 Å². The fraction of sp³-hybridized carbons (Fsp3) is 0.250. The lowest BCUT2D eigenvalue weighted by Crippen LogP contribution is -2.21. The summed E-state index contributed by atoms with van der Waals surface area (Å²) in [4.78, 5) is 18.5. The van der Waals surface area contributed by atoms with Crippen LogP contribution in [0.25, 0.3) is 33.8 Å². The number of fused-ring (bicyclic) bond motifs is 1. The molecule has 0 atom stereocenters. The molecule has 0 aliphatic rings. The lowest BCUT2D eigenvalue weighted by molar-refractivity contribution is -0.192. The van der Waals surface area contributed by atoms with E-state index in [9.17, 15) is 13.2 Å². The zero-order valence-electron chi connectivity index (χ0n) is 23.0. The zero-order chi connectivity index (χ0) is 31.0. The fourth-order valence-electron chi connectivity index (χ4n) is 4.18. The minimum Gasteiger partial charge on any atom is -0.490 e. The molecule has 0 unspecified atom stereocenters. The van der Waals surface area contributed by atoms with E-state index >= 15 is 0 Å². The number of ether oxygens (including phenoxy) is 1. The Morgan fingerprint density at radius 3 is 2.47 bits per heavy atom. The van der Waals surface area contributed by atoms with Crippen molar-refractivity contribution in [2.45, 2.75) is 32.6 Å². The second-order valence-electron chi connectivity index (χ2n) is 9.14. The number of carboxylic acids is 1. The van der Waals surface area contributed by atoms with Gasteiger partial charge in [-0.05, 0) is 47.9 Å². The number of benzene rings is 2. The molecule has 3 aromatic heterocycles. The second kappa shape index (κ2) is 13.7. The standard InChI is InChI=1S/C26H28N8O2.C2HF3O2/c1-2-34-24-20(35-13-7-12-29-15-17-8-6-11-19(27)14-17)16-30-21(18-9-4-3-5-10-18)22(24)31-26(34)23-25(28)33-36-32-23;3-2(4,5)1(6)7/h3-6,8-11,14,16,29H,2,7,12-13,15,27H2,1H3,(H2,28,33);(H,6,7). The first kappa shape index (κ1) is 30.8. The monoisotopic (exact) mass is 598 g/mol. The molecule has 43 heavy (non-hydrogen) atoms. The molecule has 3 heterocycles. The number of carboxylic acid groups (broad SMARTS) is 1. The van der Waals surface area contributed by atoms with Crippen LogP contribution >= 0.6 is 0 Å². The molecule has 0 saturated heterocycles. The number of aliphatic carboxylic acids is 1. The van der Waals surface area contributed by atoms with Crippen molar-refractivity contribution in [3.05, 3.63) is 66.4 Å². The van der Waals surface area contributed by atoms with Crippen LogP contribution in [0.3, 0.4) is 0 Å². The van der Waals surface area contributed by atoms with Crippen molar-refractivity contribution in [2.24, 2.45) is 0 Å². The van der Waals surface area contributed by atoms with Gasteiger partial charge in [0.25, 0.3) is 0 Å². The molecule has 0 bridgehead atoms. The SMILES string of the molecule is CCn1c(-c2nonc2N)nc2c(-c3ccccc3)ncc(OCCCNCc3cccc(N)c3)c21.O=C(O)C(F)(F)F. The molecule has 0 aliphatic heterocycles. The van der Waals surface area contributed by atoms with Gasteiger partial charge < -0.3 is 31.2 Å². The van der Waals surface area contributed by atoms with Crippen molar-refractivity contribution in [2.75, 3.05) is 24.6 Å². The van der Waals surface area contributed by atoms with Crippen LogP contribution in [0.1, 0.15) is 18.9 Å². The number of nitrogens with two attached hydrogens (primary N) is 2. The smallest absolute Gasteiger partial charge is 0.490 e. The Balaban J connectivity index is 0.000000541. The molecule has 12 nitrogen and oxygen atoms in total. The summed E-state index contributed by atoms with van der Waals surface area (Å²) in [5.41, 5.74) is 17.4. The predicted octanol–water partition coefficient (Wildman–Crippen LogP) is 4.52. The van der Waals surface area contributed by atoms with Gasteiger partial charge in [-0.1, -0.05) is 42.5 Å². The molecular formula is C28H29F3N8O4. The summed E-state index contributed by atoms with van der Waals surface area (Å²) in [6, 6.07) is 17.8. The number of carbonyl (C=O) groups is 1. The van der Waals surface area contributed by atoms with E-state index in [0.717, 1.165) is 47.5 Å². The first-order valence-electron chi connectivity index (χ1n) is 13.1. The molecule has 226 valence electrons. The average Bonchev–Trinajstić information content (AvgIpc) is 3.58. The molecule has 0 fully saturated rings. The van der Waals surface area contributed by atoms with Crippen molar-refractivity contribution in [1.82, 2.24) is 30.2 Å². The molecule has 5 aromatic rings. The van der Waals surface area contributed by atoms with Gasteiger partial charge in [0.2, 0.25) is 0 Å². The highest BCUT2D eigenvalue weighted by molar-refractivity contribution is 5.95. The Hall–Kier alpha value is -5.18. The number of aryl methyl sites for hydroxylation is 1. The predicted molar refractivity (Wildman–Crippen MR) is 153 cm³/mol. The number of aromatic nitrogens is 5. The Labute approximate surface area is 243 Å². The molecule has 0 spiro atoms. The maximum atomic E-state index is 10.6. The van der Waals surface area contributed by atoms with Gasteiger partial charge in [-0.2, -0.15) is 13.2 Å².